The van der Waals surface area contributed by atoms with E-state index in [1.165, 1.54) is 32.5 Å². The number of rotatable bonds is 8. The van der Waals surface area contributed by atoms with E-state index in [0.717, 1.165) is 18.2 Å². The van der Waals surface area contributed by atoms with Crippen molar-refractivity contribution < 1.29 is 0 Å². The van der Waals surface area contributed by atoms with Gasteiger partial charge in [0.15, 0.2) is 0 Å². The zero-order valence-electron chi connectivity index (χ0n) is 9.35. The molecule has 0 aromatic heterocycles. The van der Waals surface area contributed by atoms with Crippen LogP contribution in [0.1, 0.15) is 40.0 Å². The molecule has 0 spiro atoms. The lowest BCUT2D eigenvalue weighted by Gasteiger charge is -2.21. The van der Waals surface area contributed by atoms with E-state index in [2.05, 4.69) is 25.7 Å². The van der Waals surface area contributed by atoms with E-state index in [-0.39, 0.29) is 0 Å². The summed E-state index contributed by atoms with van der Waals surface area (Å²) in [5, 5.41) is 0. The lowest BCUT2D eigenvalue weighted by atomic mass is 10.1. The van der Waals surface area contributed by atoms with Crippen molar-refractivity contribution in [3.05, 3.63) is 0 Å². The van der Waals surface area contributed by atoms with Gasteiger partial charge in [-0.2, -0.15) is 0 Å². The maximum atomic E-state index is 5.69. The Kier molecular flexibility index (Phi) is 9.00. The fraction of sp³-hybridized carbons (Fsp3) is 1.00. The molecule has 0 bridgehead atoms. The lowest BCUT2D eigenvalue weighted by Crippen LogP contribution is -2.26. The molecule has 0 rings (SSSR count). The summed E-state index contributed by atoms with van der Waals surface area (Å²) < 4.78 is 0. The van der Waals surface area contributed by atoms with Crippen molar-refractivity contribution in [1.82, 2.24) is 4.90 Å². The van der Waals surface area contributed by atoms with Crippen molar-refractivity contribution in [3.8, 4) is 0 Å². The van der Waals surface area contributed by atoms with E-state index in [4.69, 9.17) is 11.6 Å². The molecule has 0 saturated carbocycles. The normalized spacial score (nSPS) is 13.6. The summed E-state index contributed by atoms with van der Waals surface area (Å²) in [4.78, 5) is 2.52. The van der Waals surface area contributed by atoms with Gasteiger partial charge in [-0.3, -0.25) is 0 Å². The van der Waals surface area contributed by atoms with Gasteiger partial charge in [0.05, 0.1) is 0 Å². The molecule has 0 aromatic rings. The number of hydrogen-bond acceptors (Lipinski definition) is 1. The second kappa shape index (κ2) is 8.83. The van der Waals surface area contributed by atoms with Crippen molar-refractivity contribution >= 4 is 11.6 Å². The summed E-state index contributed by atoms with van der Waals surface area (Å²) in [6.07, 6.45) is 3.71. The predicted molar refractivity (Wildman–Crippen MR) is 61.5 cm³/mol. The first-order valence-corrected chi connectivity index (χ1v) is 6.06. The van der Waals surface area contributed by atoms with Crippen LogP contribution >= 0.6 is 11.6 Å². The van der Waals surface area contributed by atoms with Crippen molar-refractivity contribution in [1.29, 1.82) is 0 Å². The summed E-state index contributed by atoms with van der Waals surface area (Å²) in [5.41, 5.74) is 0. The standard InChI is InChI=1S/C11H24ClN/c1-4-9-13(5-2)10-7-11(3)6-8-12/h11H,4-10H2,1-3H3. The summed E-state index contributed by atoms with van der Waals surface area (Å²) >= 11 is 5.69. The maximum absolute atomic E-state index is 5.69. The van der Waals surface area contributed by atoms with E-state index in [1.807, 2.05) is 0 Å². The first-order chi connectivity index (χ1) is 6.24. The van der Waals surface area contributed by atoms with Crippen molar-refractivity contribution in [2.75, 3.05) is 25.5 Å². The van der Waals surface area contributed by atoms with E-state index in [1.54, 1.807) is 0 Å². The Morgan fingerprint density at radius 1 is 1.15 bits per heavy atom. The highest BCUT2D eigenvalue weighted by Crippen LogP contribution is 2.09. The number of hydrogen-bond donors (Lipinski definition) is 0. The van der Waals surface area contributed by atoms with Gasteiger partial charge in [0.25, 0.3) is 0 Å². The van der Waals surface area contributed by atoms with E-state index in [0.29, 0.717) is 0 Å². The summed E-state index contributed by atoms with van der Waals surface area (Å²) in [5.74, 6) is 1.59. The minimum absolute atomic E-state index is 0.781. The lowest BCUT2D eigenvalue weighted by molar-refractivity contribution is 0.266. The molecule has 0 aromatic carbocycles. The van der Waals surface area contributed by atoms with Crippen LogP contribution in [0, 0.1) is 5.92 Å². The monoisotopic (exact) mass is 205 g/mol. The average Bonchev–Trinajstić information content (AvgIpc) is 2.12. The molecular weight excluding hydrogens is 182 g/mol. The van der Waals surface area contributed by atoms with Crippen molar-refractivity contribution in [2.45, 2.75) is 40.0 Å². The van der Waals surface area contributed by atoms with Crippen molar-refractivity contribution in [2.24, 2.45) is 5.92 Å². The van der Waals surface area contributed by atoms with Crippen LogP contribution in [0.25, 0.3) is 0 Å². The molecule has 80 valence electrons. The van der Waals surface area contributed by atoms with Gasteiger partial charge in [0, 0.05) is 5.88 Å². The first-order valence-electron chi connectivity index (χ1n) is 5.52. The van der Waals surface area contributed by atoms with Gasteiger partial charge in [0.1, 0.15) is 0 Å². The predicted octanol–water partition coefficient (Wildman–Crippen LogP) is 3.37. The van der Waals surface area contributed by atoms with Crippen LogP contribution in [-0.2, 0) is 0 Å². The van der Waals surface area contributed by atoms with Gasteiger partial charge in [0.2, 0.25) is 0 Å². The molecule has 0 aliphatic heterocycles. The molecule has 2 heteroatoms. The second-order valence-corrected chi connectivity index (χ2v) is 4.18. The Morgan fingerprint density at radius 2 is 1.85 bits per heavy atom. The highest BCUT2D eigenvalue weighted by Gasteiger charge is 2.04. The van der Waals surface area contributed by atoms with Gasteiger partial charge in [-0.05, 0) is 44.8 Å². The maximum Gasteiger partial charge on any atom is 0.0225 e. The van der Waals surface area contributed by atoms with Gasteiger partial charge in [-0.15, -0.1) is 11.6 Å². The molecule has 0 fully saturated rings. The Bertz CT molecular complexity index is 106. The summed E-state index contributed by atoms with van der Waals surface area (Å²) in [6, 6.07) is 0. The van der Waals surface area contributed by atoms with Gasteiger partial charge < -0.3 is 4.90 Å². The summed E-state index contributed by atoms with van der Waals surface area (Å²) in [6.45, 7) is 10.4. The SMILES string of the molecule is CCCN(CC)CCC(C)CCCl. The molecule has 0 amide bonds. The van der Waals surface area contributed by atoms with E-state index in [9.17, 15) is 0 Å². The molecule has 1 atom stereocenters. The van der Waals surface area contributed by atoms with Crippen LogP contribution in [-0.4, -0.2) is 30.4 Å². The third-order valence-electron chi connectivity index (χ3n) is 2.53. The summed E-state index contributed by atoms with van der Waals surface area (Å²) in [7, 11) is 0. The Labute approximate surface area is 88.5 Å². The van der Waals surface area contributed by atoms with Gasteiger partial charge in [-0.25, -0.2) is 0 Å². The number of nitrogens with zero attached hydrogens (tertiary/aromatic N) is 1. The topological polar surface area (TPSA) is 3.24 Å². The molecular formula is C11H24ClN. The largest absolute Gasteiger partial charge is 0.304 e. The Morgan fingerprint density at radius 3 is 2.31 bits per heavy atom. The van der Waals surface area contributed by atoms with Crippen LogP contribution in [0.4, 0.5) is 0 Å². The zero-order chi connectivity index (χ0) is 10.1. The third-order valence-corrected chi connectivity index (χ3v) is 2.75. The molecule has 0 saturated heterocycles. The molecule has 1 unspecified atom stereocenters. The number of alkyl halides is 1. The highest BCUT2D eigenvalue weighted by molar-refractivity contribution is 6.17. The van der Waals surface area contributed by atoms with E-state index < -0.39 is 0 Å². The second-order valence-electron chi connectivity index (χ2n) is 3.81. The quantitative estimate of drug-likeness (QED) is 0.550. The molecule has 1 nitrogen and oxygen atoms in total. The third kappa shape index (κ3) is 7.33. The van der Waals surface area contributed by atoms with Crippen LogP contribution in [0.3, 0.4) is 0 Å². The van der Waals surface area contributed by atoms with Gasteiger partial charge in [-0.1, -0.05) is 20.8 Å². The fourth-order valence-electron chi connectivity index (χ4n) is 1.48. The van der Waals surface area contributed by atoms with Crippen molar-refractivity contribution in [3.63, 3.8) is 0 Å². The molecule has 0 aliphatic carbocycles. The zero-order valence-corrected chi connectivity index (χ0v) is 10.1. The Balaban J connectivity index is 3.46. The average molecular weight is 206 g/mol. The molecule has 0 heterocycles. The fourth-order valence-corrected chi connectivity index (χ4v) is 1.85. The van der Waals surface area contributed by atoms with Gasteiger partial charge >= 0.3 is 0 Å². The van der Waals surface area contributed by atoms with Crippen LogP contribution < -0.4 is 0 Å². The van der Waals surface area contributed by atoms with Crippen LogP contribution in [0.5, 0.6) is 0 Å². The molecule has 0 N–H and O–H groups in total. The minimum atomic E-state index is 0.781. The van der Waals surface area contributed by atoms with E-state index >= 15 is 0 Å². The molecule has 13 heavy (non-hydrogen) atoms. The highest BCUT2D eigenvalue weighted by atomic mass is 35.5. The first kappa shape index (κ1) is 13.2. The van der Waals surface area contributed by atoms with Crippen LogP contribution in [0.2, 0.25) is 0 Å². The minimum Gasteiger partial charge on any atom is -0.304 e. The molecule has 0 aliphatic rings. The smallest absolute Gasteiger partial charge is 0.0225 e. The number of halogens is 1. The Hall–Kier alpha value is 0.250. The molecule has 0 radical (unpaired) electrons. The van der Waals surface area contributed by atoms with Crippen LogP contribution in [0.15, 0.2) is 0 Å².